The lowest BCUT2D eigenvalue weighted by molar-refractivity contribution is -0.143. The second kappa shape index (κ2) is 10.4. The van der Waals surface area contributed by atoms with E-state index < -0.39 is 12.1 Å². The lowest BCUT2D eigenvalue weighted by atomic mass is 9.87. The van der Waals surface area contributed by atoms with Crippen LogP contribution in [-0.4, -0.2) is 61.7 Å². The Hall–Kier alpha value is -3.17. The molecule has 2 aromatic heterocycles. The summed E-state index contributed by atoms with van der Waals surface area (Å²) in [6, 6.07) is 3.75. The van der Waals surface area contributed by atoms with Crippen LogP contribution in [0.2, 0.25) is 0 Å². The molecule has 0 spiro atoms. The van der Waals surface area contributed by atoms with Gasteiger partial charge in [-0.25, -0.2) is 14.5 Å². The second-order valence-electron chi connectivity index (χ2n) is 9.28. The van der Waals surface area contributed by atoms with Gasteiger partial charge < -0.3 is 19.5 Å². The largest absolute Gasteiger partial charge is 0.488 e. The molecule has 0 aromatic carbocycles. The molecule has 2 heterocycles. The Kier molecular flexibility index (Phi) is 7.33. The van der Waals surface area contributed by atoms with Crippen molar-refractivity contribution in [2.75, 3.05) is 13.6 Å². The van der Waals surface area contributed by atoms with Crippen molar-refractivity contribution in [1.29, 1.82) is 0 Å². The standard InChI is InChI=1S/C24H33N5O5/c1-4-12-28(2)24(32)33-14-19-22(26-27-29(19)3)18-10-11-20(21(25-18)15-8-9-15)34-17-7-5-6-16(13-17)23(30)31/h10-11,15-17H,4-9,12-14H2,1-3H3,(H,30,31)/t16-,17-/m0/s1. The topological polar surface area (TPSA) is 120 Å². The van der Waals surface area contributed by atoms with Gasteiger partial charge in [-0.3, -0.25) is 4.79 Å². The van der Waals surface area contributed by atoms with Crippen LogP contribution in [0.5, 0.6) is 5.75 Å². The lowest BCUT2D eigenvalue weighted by Crippen LogP contribution is -2.29. The van der Waals surface area contributed by atoms with Gasteiger partial charge in [-0.2, -0.15) is 0 Å². The molecular weight excluding hydrogens is 438 g/mol. The van der Waals surface area contributed by atoms with Gasteiger partial charge in [0.05, 0.1) is 23.4 Å². The molecule has 34 heavy (non-hydrogen) atoms. The van der Waals surface area contributed by atoms with Gasteiger partial charge in [0, 0.05) is 26.6 Å². The van der Waals surface area contributed by atoms with Crippen LogP contribution >= 0.6 is 0 Å². The Morgan fingerprint density at radius 2 is 2.03 bits per heavy atom. The van der Waals surface area contributed by atoms with Gasteiger partial charge in [0.15, 0.2) is 0 Å². The summed E-state index contributed by atoms with van der Waals surface area (Å²) in [4.78, 5) is 30.1. The average molecular weight is 472 g/mol. The SMILES string of the molecule is CCCN(C)C(=O)OCc1c(-c2ccc(O[C@H]3CCC[C@H](C(=O)O)C3)c(C3CC3)n2)nnn1C. The minimum atomic E-state index is -0.749. The quantitative estimate of drug-likeness (QED) is 0.587. The van der Waals surface area contributed by atoms with Crippen LogP contribution < -0.4 is 4.74 Å². The molecule has 2 aliphatic carbocycles. The van der Waals surface area contributed by atoms with Crippen LogP contribution in [-0.2, 0) is 23.2 Å². The summed E-state index contributed by atoms with van der Waals surface area (Å²) in [5.74, 6) is -0.0487. The van der Waals surface area contributed by atoms with E-state index in [9.17, 15) is 14.7 Å². The van der Waals surface area contributed by atoms with Crippen molar-refractivity contribution < 1.29 is 24.2 Å². The highest BCUT2D eigenvalue weighted by Crippen LogP contribution is 2.44. The Labute approximate surface area is 199 Å². The molecule has 10 heteroatoms. The summed E-state index contributed by atoms with van der Waals surface area (Å²) < 4.78 is 13.4. The molecule has 0 saturated heterocycles. The first-order valence-corrected chi connectivity index (χ1v) is 12.0. The molecule has 184 valence electrons. The summed E-state index contributed by atoms with van der Waals surface area (Å²) in [7, 11) is 3.47. The fourth-order valence-corrected chi connectivity index (χ4v) is 4.40. The van der Waals surface area contributed by atoms with E-state index in [1.54, 1.807) is 23.7 Å². The summed E-state index contributed by atoms with van der Waals surface area (Å²) in [5.41, 5.74) is 2.77. The summed E-state index contributed by atoms with van der Waals surface area (Å²) >= 11 is 0. The zero-order valence-corrected chi connectivity index (χ0v) is 20.1. The fraction of sp³-hybridized carbons (Fsp3) is 0.625. The number of carbonyl (C=O) groups is 2. The molecule has 2 atom stereocenters. The van der Waals surface area contributed by atoms with Crippen LogP contribution in [0.1, 0.15) is 69.2 Å². The number of hydrogen-bond acceptors (Lipinski definition) is 7. The maximum absolute atomic E-state index is 12.2. The van der Waals surface area contributed by atoms with E-state index >= 15 is 0 Å². The minimum absolute atomic E-state index is 0.0447. The van der Waals surface area contributed by atoms with Gasteiger partial charge in [-0.05, 0) is 57.1 Å². The third-order valence-corrected chi connectivity index (χ3v) is 6.51. The third kappa shape index (κ3) is 5.48. The summed E-state index contributed by atoms with van der Waals surface area (Å²) in [6.45, 7) is 2.67. The van der Waals surface area contributed by atoms with E-state index in [1.165, 1.54) is 0 Å². The van der Waals surface area contributed by atoms with E-state index in [-0.39, 0.29) is 18.6 Å². The number of pyridine rings is 1. The first-order valence-electron chi connectivity index (χ1n) is 12.0. The maximum atomic E-state index is 12.2. The van der Waals surface area contributed by atoms with Crippen molar-refractivity contribution in [3.63, 3.8) is 0 Å². The van der Waals surface area contributed by atoms with E-state index in [0.29, 0.717) is 42.4 Å². The molecule has 2 fully saturated rings. The highest BCUT2D eigenvalue weighted by Gasteiger charge is 2.33. The zero-order valence-electron chi connectivity index (χ0n) is 20.1. The van der Waals surface area contributed by atoms with Crippen molar-refractivity contribution in [3.8, 4) is 17.1 Å². The predicted octanol–water partition coefficient (Wildman–Crippen LogP) is 3.76. The summed E-state index contributed by atoms with van der Waals surface area (Å²) in [6.07, 6.45) is 5.35. The molecule has 0 radical (unpaired) electrons. The molecule has 10 nitrogen and oxygen atoms in total. The molecule has 1 N–H and O–H groups in total. The Morgan fingerprint density at radius 1 is 1.24 bits per heavy atom. The van der Waals surface area contributed by atoms with Crippen LogP contribution in [0.3, 0.4) is 0 Å². The lowest BCUT2D eigenvalue weighted by Gasteiger charge is -2.28. The van der Waals surface area contributed by atoms with Crippen LogP contribution in [0.4, 0.5) is 4.79 Å². The van der Waals surface area contributed by atoms with Gasteiger partial charge in [0.25, 0.3) is 0 Å². The number of aromatic nitrogens is 4. The normalized spacial score (nSPS) is 20.1. The average Bonchev–Trinajstić information content (AvgIpc) is 3.60. The Bertz CT molecular complexity index is 1030. The second-order valence-corrected chi connectivity index (χ2v) is 9.28. The highest BCUT2D eigenvalue weighted by atomic mass is 16.6. The van der Waals surface area contributed by atoms with Crippen LogP contribution in [0, 0.1) is 5.92 Å². The van der Waals surface area contributed by atoms with Crippen molar-refractivity contribution in [1.82, 2.24) is 24.9 Å². The number of ether oxygens (including phenoxy) is 2. The molecular formula is C24H33N5O5. The minimum Gasteiger partial charge on any atom is -0.488 e. The first-order chi connectivity index (χ1) is 16.4. The van der Waals surface area contributed by atoms with E-state index in [0.717, 1.165) is 43.5 Å². The van der Waals surface area contributed by atoms with Crippen LogP contribution in [0.15, 0.2) is 12.1 Å². The Balaban J connectivity index is 1.52. The molecule has 0 bridgehead atoms. The van der Waals surface area contributed by atoms with Crippen molar-refractivity contribution in [2.45, 2.75) is 70.5 Å². The van der Waals surface area contributed by atoms with Crippen molar-refractivity contribution in [2.24, 2.45) is 13.0 Å². The van der Waals surface area contributed by atoms with Gasteiger partial charge in [0.1, 0.15) is 23.7 Å². The number of nitrogens with zero attached hydrogens (tertiary/aromatic N) is 5. The van der Waals surface area contributed by atoms with Gasteiger partial charge in [-0.1, -0.05) is 12.1 Å². The van der Waals surface area contributed by atoms with Gasteiger partial charge in [0.2, 0.25) is 0 Å². The predicted molar refractivity (Wildman–Crippen MR) is 123 cm³/mol. The number of aliphatic carboxylic acids is 1. The first kappa shape index (κ1) is 24.0. The molecule has 2 saturated carbocycles. The zero-order chi connectivity index (χ0) is 24.2. The molecule has 2 aliphatic rings. The van der Waals surface area contributed by atoms with Gasteiger partial charge >= 0.3 is 12.1 Å². The monoisotopic (exact) mass is 471 g/mol. The number of hydrogen-bond donors (Lipinski definition) is 1. The number of carboxylic acids is 1. The molecule has 2 aromatic rings. The van der Waals surface area contributed by atoms with E-state index in [1.807, 2.05) is 19.1 Å². The van der Waals surface area contributed by atoms with E-state index in [4.69, 9.17) is 14.5 Å². The number of carboxylic acid groups (broad SMARTS) is 1. The smallest absolute Gasteiger partial charge is 0.409 e. The van der Waals surface area contributed by atoms with Crippen molar-refractivity contribution >= 4 is 12.1 Å². The highest BCUT2D eigenvalue weighted by molar-refractivity contribution is 5.70. The van der Waals surface area contributed by atoms with Crippen LogP contribution in [0.25, 0.3) is 11.4 Å². The number of aryl methyl sites for hydroxylation is 1. The molecule has 0 aliphatic heterocycles. The molecule has 1 amide bonds. The fourth-order valence-electron chi connectivity index (χ4n) is 4.40. The summed E-state index contributed by atoms with van der Waals surface area (Å²) in [5, 5.41) is 17.8. The number of amides is 1. The molecule has 4 rings (SSSR count). The van der Waals surface area contributed by atoms with Crippen molar-refractivity contribution in [3.05, 3.63) is 23.5 Å². The van der Waals surface area contributed by atoms with E-state index in [2.05, 4.69) is 10.3 Å². The Morgan fingerprint density at radius 3 is 2.74 bits per heavy atom. The maximum Gasteiger partial charge on any atom is 0.409 e. The molecule has 0 unspecified atom stereocenters. The number of rotatable bonds is 9. The van der Waals surface area contributed by atoms with Gasteiger partial charge in [-0.15, -0.1) is 5.10 Å². The third-order valence-electron chi connectivity index (χ3n) is 6.51. The number of carbonyl (C=O) groups excluding carboxylic acids is 1.